The number of ether oxygens (including phenoxy) is 3. The standard InChI is InChI=1S/C30H40O7/c1-17(31)35-16-24(34)30-25(36-27(37-30)18-7-5-4-6-8-18)14-22-21-10-9-19-13-20(32)11-12-28(19,2)26(21)23(33)15-29(22,30)3/h11-13,18,21-23,25-27,33H,4-10,14-16H2,1-3H3/t21?,22?,23-,25-,26?,27+,28-,29-,30+/m0/s1. The first-order valence-electron chi connectivity index (χ1n) is 14.2. The number of ketones is 2. The van der Waals surface area contributed by atoms with Crippen LogP contribution in [0.15, 0.2) is 23.8 Å². The molecule has 0 bridgehead atoms. The van der Waals surface area contributed by atoms with E-state index in [1.54, 1.807) is 12.2 Å². The molecule has 6 aliphatic rings. The number of hydrogen-bond acceptors (Lipinski definition) is 7. The fraction of sp³-hybridized carbons (Fsp3) is 0.767. The van der Waals surface area contributed by atoms with Crippen LogP contribution < -0.4 is 0 Å². The highest BCUT2D eigenvalue weighted by molar-refractivity contribution is 6.01. The van der Waals surface area contributed by atoms with Gasteiger partial charge in [0.15, 0.2) is 24.3 Å². The lowest BCUT2D eigenvalue weighted by Gasteiger charge is -2.59. The molecule has 202 valence electrons. The molecule has 1 saturated heterocycles. The smallest absolute Gasteiger partial charge is 0.303 e. The van der Waals surface area contributed by atoms with Crippen LogP contribution in [0.25, 0.3) is 0 Å². The van der Waals surface area contributed by atoms with Crippen LogP contribution in [0.1, 0.15) is 78.6 Å². The summed E-state index contributed by atoms with van der Waals surface area (Å²) in [6, 6.07) is 0. The second-order valence-electron chi connectivity index (χ2n) is 12.9. The first-order chi connectivity index (χ1) is 17.6. The molecule has 37 heavy (non-hydrogen) atoms. The lowest BCUT2D eigenvalue weighted by Crippen LogP contribution is -2.63. The van der Waals surface area contributed by atoms with Gasteiger partial charge in [-0.15, -0.1) is 0 Å². The number of esters is 1. The van der Waals surface area contributed by atoms with Crippen LogP contribution in [-0.4, -0.2) is 53.3 Å². The largest absolute Gasteiger partial charge is 0.458 e. The summed E-state index contributed by atoms with van der Waals surface area (Å²) in [6.45, 7) is 5.22. The zero-order valence-corrected chi connectivity index (χ0v) is 22.2. The van der Waals surface area contributed by atoms with Gasteiger partial charge in [0.1, 0.15) is 0 Å². The summed E-state index contributed by atoms with van der Waals surface area (Å²) in [5, 5.41) is 11.8. The summed E-state index contributed by atoms with van der Waals surface area (Å²) in [7, 11) is 0. The van der Waals surface area contributed by atoms with E-state index in [2.05, 4.69) is 13.8 Å². The van der Waals surface area contributed by atoms with Gasteiger partial charge in [-0.1, -0.05) is 44.8 Å². The molecule has 1 aliphatic heterocycles. The number of hydrogen-bond donors (Lipinski definition) is 1. The molecule has 3 unspecified atom stereocenters. The Morgan fingerprint density at radius 3 is 2.65 bits per heavy atom. The average molecular weight is 513 g/mol. The Hall–Kier alpha value is -1.83. The summed E-state index contributed by atoms with van der Waals surface area (Å²) in [5.41, 5.74) is -1.16. The molecule has 1 heterocycles. The number of carbonyl (C=O) groups excluding carboxylic acids is 3. The van der Waals surface area contributed by atoms with E-state index in [1.807, 2.05) is 6.08 Å². The minimum absolute atomic E-state index is 0.0158. The maximum absolute atomic E-state index is 14.0. The molecule has 0 spiro atoms. The van der Waals surface area contributed by atoms with Crippen LogP contribution in [0.3, 0.4) is 0 Å². The molecule has 0 aromatic carbocycles. The number of rotatable bonds is 4. The molecule has 1 N–H and O–H groups in total. The molecule has 6 rings (SSSR count). The Morgan fingerprint density at radius 2 is 1.92 bits per heavy atom. The van der Waals surface area contributed by atoms with Crippen molar-refractivity contribution in [2.24, 2.45) is 34.5 Å². The van der Waals surface area contributed by atoms with E-state index >= 15 is 0 Å². The van der Waals surface area contributed by atoms with E-state index in [4.69, 9.17) is 14.2 Å². The molecule has 0 amide bonds. The van der Waals surface area contributed by atoms with Crippen molar-refractivity contribution in [1.82, 2.24) is 0 Å². The predicted octanol–water partition coefficient (Wildman–Crippen LogP) is 4.07. The van der Waals surface area contributed by atoms with Crippen LogP contribution in [0.2, 0.25) is 0 Å². The van der Waals surface area contributed by atoms with Gasteiger partial charge in [-0.25, -0.2) is 0 Å². The van der Waals surface area contributed by atoms with Crippen LogP contribution in [0.5, 0.6) is 0 Å². The summed E-state index contributed by atoms with van der Waals surface area (Å²) >= 11 is 0. The zero-order chi connectivity index (χ0) is 26.2. The van der Waals surface area contributed by atoms with Crippen molar-refractivity contribution >= 4 is 17.5 Å². The Kier molecular flexibility index (Phi) is 6.09. The number of Topliss-reactive ketones (excluding diaryl/α,β-unsaturated/α-hetero) is 1. The molecule has 9 atom stereocenters. The molecule has 0 aromatic heterocycles. The topological polar surface area (TPSA) is 99.1 Å². The van der Waals surface area contributed by atoms with E-state index in [0.29, 0.717) is 12.8 Å². The highest BCUT2D eigenvalue weighted by atomic mass is 16.7. The highest BCUT2D eigenvalue weighted by Crippen LogP contribution is 2.70. The van der Waals surface area contributed by atoms with Crippen molar-refractivity contribution in [3.63, 3.8) is 0 Å². The fourth-order valence-corrected chi connectivity index (χ4v) is 9.49. The Bertz CT molecular complexity index is 1060. The maximum atomic E-state index is 14.0. The van der Waals surface area contributed by atoms with Gasteiger partial charge in [-0.3, -0.25) is 14.4 Å². The summed E-state index contributed by atoms with van der Waals surface area (Å²) in [5.74, 6) is -0.224. The maximum Gasteiger partial charge on any atom is 0.303 e. The van der Waals surface area contributed by atoms with Gasteiger partial charge in [0.05, 0.1) is 12.2 Å². The fourth-order valence-electron chi connectivity index (χ4n) is 9.49. The van der Waals surface area contributed by atoms with E-state index in [9.17, 15) is 19.5 Å². The lowest BCUT2D eigenvalue weighted by atomic mass is 9.46. The van der Waals surface area contributed by atoms with Crippen molar-refractivity contribution in [2.75, 3.05) is 6.61 Å². The van der Waals surface area contributed by atoms with E-state index in [-0.39, 0.29) is 47.3 Å². The third kappa shape index (κ3) is 3.60. The number of aliphatic hydroxyl groups is 1. The molecular weight excluding hydrogens is 472 g/mol. The normalized spacial score (nSPS) is 46.9. The second kappa shape index (κ2) is 8.85. The summed E-state index contributed by atoms with van der Waals surface area (Å²) < 4.78 is 18.7. The molecule has 7 heteroatoms. The molecule has 0 aromatic rings. The predicted molar refractivity (Wildman–Crippen MR) is 134 cm³/mol. The van der Waals surface area contributed by atoms with Gasteiger partial charge in [0, 0.05) is 29.6 Å². The summed E-state index contributed by atoms with van der Waals surface area (Å²) in [4.78, 5) is 37.8. The van der Waals surface area contributed by atoms with E-state index < -0.39 is 35.5 Å². The molecule has 0 radical (unpaired) electrons. The average Bonchev–Trinajstić information content (AvgIpc) is 3.36. The number of aliphatic hydroxyl groups excluding tert-OH is 1. The lowest BCUT2D eigenvalue weighted by molar-refractivity contribution is -0.210. The van der Waals surface area contributed by atoms with Gasteiger partial charge >= 0.3 is 5.97 Å². The molecule has 4 saturated carbocycles. The first-order valence-corrected chi connectivity index (χ1v) is 14.2. The van der Waals surface area contributed by atoms with E-state index in [0.717, 1.165) is 44.1 Å². The third-order valence-corrected chi connectivity index (χ3v) is 11.1. The van der Waals surface area contributed by atoms with Gasteiger partial charge < -0.3 is 19.3 Å². The number of fused-ring (bicyclic) bond motifs is 7. The van der Waals surface area contributed by atoms with Crippen LogP contribution in [0, 0.1) is 34.5 Å². The quantitative estimate of drug-likeness (QED) is 0.567. The van der Waals surface area contributed by atoms with Crippen molar-refractivity contribution in [3.05, 3.63) is 23.8 Å². The van der Waals surface area contributed by atoms with Crippen molar-refractivity contribution in [3.8, 4) is 0 Å². The summed E-state index contributed by atoms with van der Waals surface area (Å²) in [6.07, 6.45) is 12.2. The zero-order valence-electron chi connectivity index (χ0n) is 22.2. The van der Waals surface area contributed by atoms with Crippen molar-refractivity contribution in [1.29, 1.82) is 0 Å². The van der Waals surface area contributed by atoms with Crippen LogP contribution >= 0.6 is 0 Å². The minimum Gasteiger partial charge on any atom is -0.458 e. The number of carbonyl (C=O) groups is 3. The number of allylic oxidation sites excluding steroid dienone is 4. The Labute approximate surface area is 219 Å². The van der Waals surface area contributed by atoms with Gasteiger partial charge in [-0.05, 0) is 62.5 Å². The van der Waals surface area contributed by atoms with Crippen molar-refractivity contribution < 1.29 is 33.7 Å². The first kappa shape index (κ1) is 25.4. The van der Waals surface area contributed by atoms with Gasteiger partial charge in [-0.2, -0.15) is 0 Å². The molecule has 7 nitrogen and oxygen atoms in total. The SMILES string of the molecule is CC(=O)OCC(=O)[C@@]12O[C@H](C3CCCCC3)O[C@H]1CC1C3CCC4=CC(=O)C=C[C@]4(C)C3[C@@H](O)C[C@@]12C. The van der Waals surface area contributed by atoms with E-state index in [1.165, 1.54) is 13.3 Å². The van der Waals surface area contributed by atoms with Crippen molar-refractivity contribution in [2.45, 2.75) is 103 Å². The van der Waals surface area contributed by atoms with Gasteiger partial charge in [0.2, 0.25) is 5.78 Å². The molecule has 5 aliphatic carbocycles. The minimum atomic E-state index is -1.24. The van der Waals surface area contributed by atoms with Crippen LogP contribution in [0.4, 0.5) is 0 Å². The Morgan fingerprint density at radius 1 is 1.16 bits per heavy atom. The highest BCUT2D eigenvalue weighted by Gasteiger charge is 2.76. The van der Waals surface area contributed by atoms with Gasteiger partial charge in [0.25, 0.3) is 0 Å². The monoisotopic (exact) mass is 512 g/mol. The third-order valence-electron chi connectivity index (χ3n) is 11.1. The second-order valence-corrected chi connectivity index (χ2v) is 12.9. The molecule has 5 fully saturated rings. The molecular formula is C30H40O7. The van der Waals surface area contributed by atoms with Crippen LogP contribution in [-0.2, 0) is 28.6 Å². The Balaban J connectivity index is 1.37.